The fraction of sp³-hybridized carbons (Fsp3) is 0.917. The van der Waals surface area contributed by atoms with Gasteiger partial charge in [0.15, 0.2) is 0 Å². The maximum absolute atomic E-state index is 11.1. The Morgan fingerprint density at radius 2 is 2.00 bits per heavy atom. The number of rotatable bonds is 2. The van der Waals surface area contributed by atoms with Crippen LogP contribution in [0, 0.1) is 11.8 Å². The Kier molecular flexibility index (Phi) is 3.29. The van der Waals surface area contributed by atoms with Gasteiger partial charge in [0.1, 0.15) is 0 Å². The van der Waals surface area contributed by atoms with Gasteiger partial charge in [0.2, 0.25) is 0 Å². The number of carboxylic acid groups (broad SMARTS) is 1. The van der Waals surface area contributed by atoms with Crippen molar-refractivity contribution in [2.75, 3.05) is 13.1 Å². The SMILES string of the molecule is CC(C(=O)O)C1CCCN2CCCCC12. The number of nitrogens with zero attached hydrogens (tertiary/aromatic N) is 1. The van der Waals surface area contributed by atoms with Gasteiger partial charge in [0.25, 0.3) is 0 Å². The Morgan fingerprint density at radius 1 is 1.27 bits per heavy atom. The number of fused-ring (bicyclic) bond motifs is 1. The summed E-state index contributed by atoms with van der Waals surface area (Å²) in [6, 6.07) is 0.554. The van der Waals surface area contributed by atoms with Gasteiger partial charge in [-0.05, 0) is 44.7 Å². The molecule has 15 heavy (non-hydrogen) atoms. The van der Waals surface area contributed by atoms with Crippen LogP contribution >= 0.6 is 0 Å². The first-order valence-corrected chi connectivity index (χ1v) is 6.17. The smallest absolute Gasteiger partial charge is 0.306 e. The van der Waals surface area contributed by atoms with E-state index in [9.17, 15) is 4.79 Å². The van der Waals surface area contributed by atoms with Crippen molar-refractivity contribution in [3.8, 4) is 0 Å². The molecule has 3 unspecified atom stereocenters. The van der Waals surface area contributed by atoms with E-state index in [1.165, 1.54) is 38.8 Å². The molecule has 2 saturated heterocycles. The Bertz CT molecular complexity index is 240. The number of piperidine rings is 2. The number of carbonyl (C=O) groups is 1. The third-order valence-electron chi connectivity index (χ3n) is 4.17. The first-order chi connectivity index (χ1) is 7.20. The van der Waals surface area contributed by atoms with Crippen molar-refractivity contribution in [3.63, 3.8) is 0 Å². The molecule has 2 fully saturated rings. The molecule has 3 heteroatoms. The molecular formula is C12H21NO2. The molecule has 1 N–H and O–H groups in total. The van der Waals surface area contributed by atoms with E-state index in [1.807, 2.05) is 6.92 Å². The lowest BCUT2D eigenvalue weighted by molar-refractivity contribution is -0.145. The first kappa shape index (κ1) is 10.9. The number of aliphatic carboxylic acids is 1. The summed E-state index contributed by atoms with van der Waals surface area (Å²) in [7, 11) is 0. The average Bonchev–Trinajstić information content (AvgIpc) is 2.27. The Hall–Kier alpha value is -0.570. The van der Waals surface area contributed by atoms with Crippen molar-refractivity contribution in [1.29, 1.82) is 0 Å². The van der Waals surface area contributed by atoms with Gasteiger partial charge < -0.3 is 10.0 Å². The average molecular weight is 211 g/mol. The molecule has 3 nitrogen and oxygen atoms in total. The van der Waals surface area contributed by atoms with Crippen molar-refractivity contribution in [1.82, 2.24) is 4.90 Å². The van der Waals surface area contributed by atoms with Crippen LogP contribution in [0.5, 0.6) is 0 Å². The van der Waals surface area contributed by atoms with Crippen LogP contribution in [-0.4, -0.2) is 35.1 Å². The van der Waals surface area contributed by atoms with Crippen molar-refractivity contribution < 1.29 is 9.90 Å². The predicted molar refractivity (Wildman–Crippen MR) is 58.7 cm³/mol. The summed E-state index contributed by atoms with van der Waals surface area (Å²) in [4.78, 5) is 13.6. The highest BCUT2D eigenvalue weighted by Gasteiger charge is 2.37. The largest absolute Gasteiger partial charge is 0.481 e. The minimum atomic E-state index is -0.618. The van der Waals surface area contributed by atoms with Crippen LogP contribution in [0.2, 0.25) is 0 Å². The lowest BCUT2D eigenvalue weighted by Crippen LogP contribution is -2.50. The van der Waals surface area contributed by atoms with Gasteiger partial charge in [-0.3, -0.25) is 4.79 Å². The van der Waals surface area contributed by atoms with Crippen LogP contribution < -0.4 is 0 Å². The second kappa shape index (κ2) is 4.52. The summed E-state index contributed by atoms with van der Waals surface area (Å²) < 4.78 is 0. The zero-order valence-electron chi connectivity index (χ0n) is 9.48. The molecule has 2 aliphatic heterocycles. The van der Waals surface area contributed by atoms with Crippen LogP contribution in [0.1, 0.15) is 39.0 Å². The van der Waals surface area contributed by atoms with Gasteiger partial charge in [-0.15, -0.1) is 0 Å². The maximum atomic E-state index is 11.1. The molecule has 0 aliphatic carbocycles. The Labute approximate surface area is 91.5 Å². The van der Waals surface area contributed by atoms with E-state index in [0.29, 0.717) is 12.0 Å². The van der Waals surface area contributed by atoms with E-state index in [2.05, 4.69) is 4.90 Å². The summed E-state index contributed by atoms with van der Waals surface area (Å²) in [6.07, 6.45) is 6.07. The highest BCUT2D eigenvalue weighted by Crippen LogP contribution is 2.35. The fourth-order valence-electron chi connectivity index (χ4n) is 3.27. The highest BCUT2D eigenvalue weighted by molar-refractivity contribution is 5.70. The quantitative estimate of drug-likeness (QED) is 0.759. The summed E-state index contributed by atoms with van der Waals surface area (Å²) in [5, 5.41) is 9.11. The van der Waals surface area contributed by atoms with Gasteiger partial charge in [0.05, 0.1) is 5.92 Å². The van der Waals surface area contributed by atoms with E-state index >= 15 is 0 Å². The Balaban J connectivity index is 2.06. The zero-order chi connectivity index (χ0) is 10.8. The summed E-state index contributed by atoms with van der Waals surface area (Å²) in [5.74, 6) is -0.403. The van der Waals surface area contributed by atoms with Crippen LogP contribution in [0.15, 0.2) is 0 Å². The van der Waals surface area contributed by atoms with Gasteiger partial charge in [-0.2, -0.15) is 0 Å². The number of carboxylic acids is 1. The summed E-state index contributed by atoms with van der Waals surface area (Å²) >= 11 is 0. The minimum absolute atomic E-state index is 0.170. The lowest BCUT2D eigenvalue weighted by atomic mass is 9.77. The standard InChI is InChI=1S/C12H21NO2/c1-9(12(14)15)10-5-4-8-13-7-3-2-6-11(10)13/h9-11H,2-8H2,1H3,(H,14,15). The second-order valence-electron chi connectivity index (χ2n) is 5.03. The molecule has 0 spiro atoms. The van der Waals surface area contributed by atoms with Gasteiger partial charge in [-0.1, -0.05) is 13.3 Å². The molecule has 2 aliphatic rings. The van der Waals surface area contributed by atoms with E-state index in [-0.39, 0.29) is 5.92 Å². The lowest BCUT2D eigenvalue weighted by Gasteiger charge is -2.45. The van der Waals surface area contributed by atoms with Crippen molar-refractivity contribution >= 4 is 5.97 Å². The second-order valence-corrected chi connectivity index (χ2v) is 5.03. The van der Waals surface area contributed by atoms with Crippen LogP contribution in [0.25, 0.3) is 0 Å². The zero-order valence-corrected chi connectivity index (χ0v) is 9.48. The maximum Gasteiger partial charge on any atom is 0.306 e. The molecule has 0 amide bonds. The third-order valence-corrected chi connectivity index (χ3v) is 4.17. The number of hydrogen-bond acceptors (Lipinski definition) is 2. The molecule has 0 bridgehead atoms. The molecule has 2 rings (SSSR count). The van der Waals surface area contributed by atoms with Crippen LogP contribution in [-0.2, 0) is 4.79 Å². The van der Waals surface area contributed by atoms with Crippen LogP contribution in [0.3, 0.4) is 0 Å². The van der Waals surface area contributed by atoms with Crippen molar-refractivity contribution in [2.24, 2.45) is 11.8 Å². The molecule has 0 aromatic rings. The molecule has 2 heterocycles. The predicted octanol–water partition coefficient (Wildman–Crippen LogP) is 1.97. The number of hydrogen-bond donors (Lipinski definition) is 1. The molecule has 3 atom stereocenters. The van der Waals surface area contributed by atoms with Crippen molar-refractivity contribution in [2.45, 2.75) is 45.1 Å². The highest BCUT2D eigenvalue weighted by atomic mass is 16.4. The topological polar surface area (TPSA) is 40.5 Å². The first-order valence-electron chi connectivity index (χ1n) is 6.17. The minimum Gasteiger partial charge on any atom is -0.481 e. The molecule has 0 radical (unpaired) electrons. The van der Waals surface area contributed by atoms with Gasteiger partial charge in [-0.25, -0.2) is 0 Å². The molecule has 0 aromatic carbocycles. The molecule has 86 valence electrons. The van der Waals surface area contributed by atoms with E-state index < -0.39 is 5.97 Å². The summed E-state index contributed by atoms with van der Waals surface area (Å²) in [5.41, 5.74) is 0. The van der Waals surface area contributed by atoms with Gasteiger partial charge in [0, 0.05) is 6.04 Å². The van der Waals surface area contributed by atoms with E-state index in [1.54, 1.807) is 0 Å². The molecule has 0 aromatic heterocycles. The molecular weight excluding hydrogens is 190 g/mol. The van der Waals surface area contributed by atoms with Gasteiger partial charge >= 0.3 is 5.97 Å². The van der Waals surface area contributed by atoms with E-state index in [0.717, 1.165) is 6.42 Å². The van der Waals surface area contributed by atoms with Crippen LogP contribution in [0.4, 0.5) is 0 Å². The third kappa shape index (κ3) is 2.17. The normalized spacial score (nSPS) is 34.5. The van der Waals surface area contributed by atoms with Crippen molar-refractivity contribution in [3.05, 3.63) is 0 Å². The molecule has 0 saturated carbocycles. The Morgan fingerprint density at radius 3 is 2.73 bits per heavy atom. The van der Waals surface area contributed by atoms with E-state index in [4.69, 9.17) is 5.11 Å². The fourth-order valence-corrected chi connectivity index (χ4v) is 3.27. The summed E-state index contributed by atoms with van der Waals surface area (Å²) in [6.45, 7) is 4.26. The monoisotopic (exact) mass is 211 g/mol.